The molecule has 0 aliphatic carbocycles. The Hall–Kier alpha value is -1.79. The number of alkyl halides is 3. The van der Waals surface area contributed by atoms with E-state index in [2.05, 4.69) is 4.74 Å². The topological polar surface area (TPSA) is 52.3 Å². The first-order valence-electron chi connectivity index (χ1n) is 4.61. The van der Waals surface area contributed by atoms with Crippen LogP contribution in [0.5, 0.6) is 0 Å². The van der Waals surface area contributed by atoms with Crippen molar-refractivity contribution in [2.75, 3.05) is 12.3 Å². The molecule has 1 aromatic rings. The maximum Gasteiger partial charge on any atom is 0.419 e. The molecule has 0 radical (unpaired) electrons. The summed E-state index contributed by atoms with van der Waals surface area (Å²) in [7, 11) is 0. The Bertz CT molecular complexity index is 443. The Morgan fingerprint density at radius 2 is 2.00 bits per heavy atom. The summed E-state index contributed by atoms with van der Waals surface area (Å²) in [6, 6.07) is 1.25. The van der Waals surface area contributed by atoms with Crippen molar-refractivity contribution in [3.8, 4) is 0 Å². The molecule has 17 heavy (non-hydrogen) atoms. The van der Waals surface area contributed by atoms with Crippen molar-refractivity contribution in [2.45, 2.75) is 13.1 Å². The molecule has 0 aliphatic rings. The summed E-state index contributed by atoms with van der Waals surface area (Å²) in [5.41, 5.74) is 2.34. The minimum absolute atomic E-state index is 0.0148. The van der Waals surface area contributed by atoms with Gasteiger partial charge >= 0.3 is 12.1 Å². The van der Waals surface area contributed by atoms with Crippen molar-refractivity contribution < 1.29 is 27.1 Å². The average molecular weight is 251 g/mol. The number of benzene rings is 1. The third-order valence-electron chi connectivity index (χ3n) is 1.98. The van der Waals surface area contributed by atoms with Gasteiger partial charge in [-0.05, 0) is 19.1 Å². The van der Waals surface area contributed by atoms with Crippen LogP contribution in [-0.4, -0.2) is 12.6 Å². The minimum Gasteiger partial charge on any atom is -0.462 e. The molecule has 0 spiro atoms. The van der Waals surface area contributed by atoms with E-state index in [1.165, 1.54) is 6.92 Å². The van der Waals surface area contributed by atoms with Crippen molar-refractivity contribution in [1.82, 2.24) is 0 Å². The number of hydrogen-bond acceptors (Lipinski definition) is 3. The van der Waals surface area contributed by atoms with Gasteiger partial charge < -0.3 is 10.5 Å². The summed E-state index contributed by atoms with van der Waals surface area (Å²) in [6.07, 6.45) is -4.86. The van der Waals surface area contributed by atoms with Crippen molar-refractivity contribution in [1.29, 1.82) is 0 Å². The van der Waals surface area contributed by atoms with E-state index in [1.54, 1.807) is 0 Å². The van der Waals surface area contributed by atoms with E-state index in [-0.39, 0.29) is 6.61 Å². The number of halogens is 4. The summed E-state index contributed by atoms with van der Waals surface area (Å²) in [5, 5.41) is 0. The molecule has 0 atom stereocenters. The van der Waals surface area contributed by atoms with Crippen LogP contribution in [0.3, 0.4) is 0 Å². The lowest BCUT2D eigenvalue weighted by Crippen LogP contribution is -2.14. The fourth-order valence-corrected chi connectivity index (χ4v) is 1.20. The molecule has 1 aromatic carbocycles. The Kier molecular flexibility index (Phi) is 3.59. The number of nitrogen functional groups attached to an aromatic ring is 1. The quantitative estimate of drug-likeness (QED) is 0.499. The van der Waals surface area contributed by atoms with Crippen LogP contribution in [-0.2, 0) is 10.9 Å². The molecule has 94 valence electrons. The number of nitrogens with two attached hydrogens (primary N) is 1. The number of rotatable bonds is 2. The number of anilines is 1. The highest BCUT2D eigenvalue weighted by atomic mass is 19.4. The van der Waals surface area contributed by atoms with Gasteiger partial charge in [-0.15, -0.1) is 0 Å². The standard InChI is InChI=1S/C10H9F4NO2/c1-2-17-9(16)5-3-4-6(10(12,13)14)7(11)8(5)15/h3-4H,2,15H2,1H3. The highest BCUT2D eigenvalue weighted by Crippen LogP contribution is 2.34. The van der Waals surface area contributed by atoms with Crippen LogP contribution in [0.2, 0.25) is 0 Å². The van der Waals surface area contributed by atoms with Gasteiger partial charge in [-0.1, -0.05) is 0 Å². The van der Waals surface area contributed by atoms with Crippen LogP contribution < -0.4 is 5.73 Å². The van der Waals surface area contributed by atoms with Gasteiger partial charge in [0.25, 0.3) is 0 Å². The predicted octanol–water partition coefficient (Wildman–Crippen LogP) is 2.60. The highest BCUT2D eigenvalue weighted by molar-refractivity contribution is 5.95. The maximum absolute atomic E-state index is 13.3. The van der Waals surface area contributed by atoms with Gasteiger partial charge in [0.05, 0.1) is 23.4 Å². The van der Waals surface area contributed by atoms with Crippen LogP contribution >= 0.6 is 0 Å². The lowest BCUT2D eigenvalue weighted by molar-refractivity contribution is -0.139. The van der Waals surface area contributed by atoms with E-state index in [9.17, 15) is 22.4 Å². The van der Waals surface area contributed by atoms with Crippen LogP contribution in [0.25, 0.3) is 0 Å². The fraction of sp³-hybridized carbons (Fsp3) is 0.300. The van der Waals surface area contributed by atoms with Gasteiger partial charge in [-0.25, -0.2) is 9.18 Å². The molecule has 1 rings (SSSR count). The smallest absolute Gasteiger partial charge is 0.419 e. The zero-order valence-corrected chi connectivity index (χ0v) is 8.77. The van der Waals surface area contributed by atoms with E-state index in [1.807, 2.05) is 0 Å². The third kappa shape index (κ3) is 2.66. The maximum atomic E-state index is 13.3. The van der Waals surface area contributed by atoms with Crippen LogP contribution in [0.4, 0.5) is 23.2 Å². The van der Waals surface area contributed by atoms with E-state index in [0.717, 1.165) is 6.07 Å². The molecule has 3 nitrogen and oxygen atoms in total. The molecule has 0 amide bonds. The van der Waals surface area contributed by atoms with Crippen molar-refractivity contribution in [3.63, 3.8) is 0 Å². The molecule has 0 unspecified atom stereocenters. The second-order valence-corrected chi connectivity index (χ2v) is 3.11. The van der Waals surface area contributed by atoms with Crippen LogP contribution in [0.1, 0.15) is 22.8 Å². The molecule has 2 N–H and O–H groups in total. The summed E-state index contributed by atoms with van der Waals surface area (Å²) in [4.78, 5) is 11.2. The molecule has 0 bridgehead atoms. The van der Waals surface area contributed by atoms with Gasteiger partial charge in [-0.2, -0.15) is 13.2 Å². The predicted molar refractivity (Wildman–Crippen MR) is 51.8 cm³/mol. The van der Waals surface area contributed by atoms with E-state index < -0.39 is 34.8 Å². The van der Waals surface area contributed by atoms with Gasteiger partial charge in [0.1, 0.15) is 0 Å². The number of ether oxygens (including phenoxy) is 1. The summed E-state index contributed by atoms with van der Waals surface area (Å²) < 4.78 is 54.7. The first-order valence-corrected chi connectivity index (χ1v) is 4.61. The Morgan fingerprint density at radius 1 is 1.41 bits per heavy atom. The molecular formula is C10H9F4NO2. The third-order valence-corrected chi connectivity index (χ3v) is 1.98. The zero-order chi connectivity index (χ0) is 13.2. The molecular weight excluding hydrogens is 242 g/mol. The van der Waals surface area contributed by atoms with Gasteiger partial charge in [-0.3, -0.25) is 0 Å². The van der Waals surface area contributed by atoms with Gasteiger partial charge in [0.15, 0.2) is 5.82 Å². The van der Waals surface area contributed by atoms with E-state index in [4.69, 9.17) is 5.73 Å². The lowest BCUT2D eigenvalue weighted by Gasteiger charge is -2.12. The average Bonchev–Trinajstić information content (AvgIpc) is 2.20. The largest absolute Gasteiger partial charge is 0.462 e. The summed E-state index contributed by atoms with van der Waals surface area (Å²) >= 11 is 0. The first kappa shape index (κ1) is 13.3. The fourth-order valence-electron chi connectivity index (χ4n) is 1.20. The Labute approximate surface area is 94.2 Å². The van der Waals surface area contributed by atoms with E-state index in [0.29, 0.717) is 6.07 Å². The van der Waals surface area contributed by atoms with Gasteiger partial charge in [0.2, 0.25) is 0 Å². The first-order chi connectivity index (χ1) is 7.79. The van der Waals surface area contributed by atoms with Crippen molar-refractivity contribution >= 4 is 11.7 Å². The Morgan fingerprint density at radius 3 is 2.47 bits per heavy atom. The van der Waals surface area contributed by atoms with Crippen LogP contribution in [0, 0.1) is 5.82 Å². The molecule has 0 heterocycles. The minimum atomic E-state index is -4.86. The lowest BCUT2D eigenvalue weighted by atomic mass is 10.1. The highest BCUT2D eigenvalue weighted by Gasteiger charge is 2.36. The number of esters is 1. The SMILES string of the molecule is CCOC(=O)c1ccc(C(F)(F)F)c(F)c1N. The van der Waals surface area contributed by atoms with Crippen molar-refractivity contribution in [3.05, 3.63) is 29.1 Å². The van der Waals surface area contributed by atoms with Crippen molar-refractivity contribution in [2.24, 2.45) is 0 Å². The molecule has 0 saturated carbocycles. The monoisotopic (exact) mass is 251 g/mol. The molecule has 0 aliphatic heterocycles. The zero-order valence-electron chi connectivity index (χ0n) is 8.77. The molecule has 0 aromatic heterocycles. The van der Waals surface area contributed by atoms with Gasteiger partial charge in [0, 0.05) is 0 Å². The number of carbonyl (C=O) groups is 1. The van der Waals surface area contributed by atoms with Crippen LogP contribution in [0.15, 0.2) is 12.1 Å². The van der Waals surface area contributed by atoms with E-state index >= 15 is 0 Å². The summed E-state index contributed by atoms with van der Waals surface area (Å²) in [6.45, 7) is 1.52. The molecule has 0 fully saturated rings. The molecule has 7 heteroatoms. The number of hydrogen-bond donors (Lipinski definition) is 1. The second-order valence-electron chi connectivity index (χ2n) is 3.11. The summed E-state index contributed by atoms with van der Waals surface area (Å²) in [5.74, 6) is -2.62. The number of carbonyl (C=O) groups excluding carboxylic acids is 1. The Balaban J connectivity index is 3.25. The second kappa shape index (κ2) is 4.60. The normalized spacial score (nSPS) is 11.4. The molecule has 0 saturated heterocycles.